The highest BCUT2D eigenvalue weighted by molar-refractivity contribution is 5.66. The molecule has 0 amide bonds. The normalized spacial score (nSPS) is 12.7. The Morgan fingerprint density at radius 2 is 2.17 bits per heavy atom. The van der Waals surface area contributed by atoms with Crippen LogP contribution in [0.1, 0.15) is 6.92 Å². The van der Waals surface area contributed by atoms with E-state index in [0.29, 0.717) is 0 Å². The summed E-state index contributed by atoms with van der Waals surface area (Å²) < 4.78 is 3.70. The Labute approximate surface area is 104 Å². The summed E-state index contributed by atoms with van der Waals surface area (Å²) in [6.07, 6.45) is 9.07. The van der Waals surface area contributed by atoms with Crippen LogP contribution in [0.4, 0.5) is 5.82 Å². The van der Waals surface area contributed by atoms with Gasteiger partial charge in [-0.05, 0) is 19.1 Å². The highest BCUT2D eigenvalue weighted by Crippen LogP contribution is 2.13. The Morgan fingerprint density at radius 1 is 1.22 bits per heavy atom. The molecule has 0 spiro atoms. The van der Waals surface area contributed by atoms with Crippen LogP contribution in [-0.2, 0) is 6.54 Å². The van der Waals surface area contributed by atoms with Crippen LogP contribution < -0.4 is 5.32 Å². The van der Waals surface area contributed by atoms with Gasteiger partial charge in [0.25, 0.3) is 0 Å². The van der Waals surface area contributed by atoms with Gasteiger partial charge in [-0.2, -0.15) is 10.2 Å². The lowest BCUT2D eigenvalue weighted by Crippen LogP contribution is -2.23. The molecule has 0 fully saturated rings. The van der Waals surface area contributed by atoms with Gasteiger partial charge in [-0.15, -0.1) is 0 Å². The molecule has 1 unspecified atom stereocenters. The Balaban J connectivity index is 1.77. The minimum atomic E-state index is 0.235. The average molecular weight is 242 g/mol. The lowest BCUT2D eigenvalue weighted by atomic mass is 10.3. The van der Waals surface area contributed by atoms with Crippen LogP contribution in [0.2, 0.25) is 0 Å². The van der Waals surface area contributed by atoms with Gasteiger partial charge in [0.1, 0.15) is 5.52 Å². The van der Waals surface area contributed by atoms with Crippen LogP contribution in [0.25, 0.3) is 5.52 Å². The van der Waals surface area contributed by atoms with Gasteiger partial charge in [-0.3, -0.25) is 4.68 Å². The van der Waals surface area contributed by atoms with Crippen molar-refractivity contribution in [1.82, 2.24) is 24.4 Å². The van der Waals surface area contributed by atoms with Crippen molar-refractivity contribution in [2.24, 2.45) is 0 Å². The second-order valence-electron chi connectivity index (χ2n) is 4.21. The molecule has 18 heavy (non-hydrogen) atoms. The van der Waals surface area contributed by atoms with Crippen LogP contribution in [0, 0.1) is 0 Å². The summed E-state index contributed by atoms with van der Waals surface area (Å²) in [5.41, 5.74) is 0.977. The second-order valence-corrected chi connectivity index (χ2v) is 4.21. The van der Waals surface area contributed by atoms with E-state index in [-0.39, 0.29) is 6.04 Å². The maximum atomic E-state index is 4.35. The molecule has 0 radical (unpaired) electrons. The van der Waals surface area contributed by atoms with Crippen molar-refractivity contribution >= 4 is 11.3 Å². The predicted octanol–water partition coefficient (Wildman–Crippen LogP) is 1.43. The van der Waals surface area contributed by atoms with Gasteiger partial charge >= 0.3 is 0 Å². The summed E-state index contributed by atoms with van der Waals surface area (Å²) in [6, 6.07) is 4.09. The van der Waals surface area contributed by atoms with E-state index in [9.17, 15) is 0 Å². The monoisotopic (exact) mass is 242 g/mol. The Hall–Kier alpha value is -2.37. The van der Waals surface area contributed by atoms with Crippen LogP contribution in [-0.4, -0.2) is 30.4 Å². The summed E-state index contributed by atoms with van der Waals surface area (Å²) in [5.74, 6) is 0.842. The fourth-order valence-corrected chi connectivity index (χ4v) is 1.94. The number of anilines is 1. The Bertz CT molecular complexity index is 627. The maximum absolute atomic E-state index is 4.35. The number of hydrogen-bond acceptors (Lipinski definition) is 4. The molecule has 3 aromatic heterocycles. The minimum absolute atomic E-state index is 0.235. The van der Waals surface area contributed by atoms with Crippen LogP contribution in [0.15, 0.2) is 43.1 Å². The van der Waals surface area contributed by atoms with Crippen molar-refractivity contribution in [2.75, 3.05) is 5.32 Å². The van der Waals surface area contributed by atoms with Gasteiger partial charge in [0, 0.05) is 30.8 Å². The Morgan fingerprint density at radius 3 is 3.00 bits per heavy atom. The first-order valence-corrected chi connectivity index (χ1v) is 5.85. The van der Waals surface area contributed by atoms with Gasteiger partial charge in [-0.1, -0.05) is 0 Å². The number of aromatic nitrogens is 5. The number of hydrogen-bond donors (Lipinski definition) is 1. The molecule has 92 valence electrons. The molecule has 1 N–H and O–H groups in total. The Kier molecular flexibility index (Phi) is 2.68. The lowest BCUT2D eigenvalue weighted by Gasteiger charge is -2.15. The van der Waals surface area contributed by atoms with Crippen LogP contribution in [0.5, 0.6) is 0 Å². The van der Waals surface area contributed by atoms with E-state index in [4.69, 9.17) is 0 Å². The first-order valence-electron chi connectivity index (χ1n) is 5.85. The quantitative estimate of drug-likeness (QED) is 0.751. The van der Waals surface area contributed by atoms with E-state index in [0.717, 1.165) is 17.9 Å². The topological polar surface area (TPSA) is 60.0 Å². The van der Waals surface area contributed by atoms with Crippen molar-refractivity contribution < 1.29 is 0 Å². The summed E-state index contributed by atoms with van der Waals surface area (Å²) in [5, 5.41) is 11.7. The fourth-order valence-electron chi connectivity index (χ4n) is 1.94. The third-order valence-electron chi connectivity index (χ3n) is 2.73. The number of nitrogens with zero attached hydrogens (tertiary/aromatic N) is 5. The number of rotatable bonds is 4. The largest absolute Gasteiger partial charge is 0.364 e. The SMILES string of the molecule is CC(Cn1cccn1)Nc1nccn2nccc12. The molecular formula is C12H14N6. The number of fused-ring (bicyclic) bond motifs is 1. The molecule has 0 bridgehead atoms. The smallest absolute Gasteiger partial charge is 0.152 e. The zero-order valence-corrected chi connectivity index (χ0v) is 10.1. The fraction of sp³-hybridized carbons (Fsp3) is 0.250. The van der Waals surface area contributed by atoms with E-state index < -0.39 is 0 Å². The first-order chi connectivity index (χ1) is 8.83. The third kappa shape index (κ3) is 2.04. The second kappa shape index (κ2) is 4.48. The highest BCUT2D eigenvalue weighted by atomic mass is 15.3. The molecule has 0 aliphatic heterocycles. The maximum Gasteiger partial charge on any atom is 0.152 e. The molecule has 0 aliphatic carbocycles. The van der Waals surface area contributed by atoms with E-state index in [2.05, 4.69) is 27.4 Å². The highest BCUT2D eigenvalue weighted by Gasteiger charge is 2.07. The van der Waals surface area contributed by atoms with Gasteiger partial charge in [-0.25, -0.2) is 9.50 Å². The molecule has 0 aliphatic rings. The lowest BCUT2D eigenvalue weighted by molar-refractivity contribution is 0.560. The van der Waals surface area contributed by atoms with Crippen molar-refractivity contribution in [3.63, 3.8) is 0 Å². The van der Waals surface area contributed by atoms with Gasteiger partial charge in [0.15, 0.2) is 5.82 Å². The van der Waals surface area contributed by atoms with E-state index >= 15 is 0 Å². The van der Waals surface area contributed by atoms with Gasteiger partial charge < -0.3 is 5.32 Å². The van der Waals surface area contributed by atoms with Crippen molar-refractivity contribution in [3.05, 3.63) is 43.1 Å². The molecule has 6 heteroatoms. The molecule has 0 saturated heterocycles. The van der Waals surface area contributed by atoms with E-state index in [1.54, 1.807) is 23.1 Å². The van der Waals surface area contributed by atoms with Crippen LogP contribution >= 0.6 is 0 Å². The van der Waals surface area contributed by atoms with E-state index in [1.807, 2.05) is 29.2 Å². The molecule has 0 aromatic carbocycles. The summed E-state index contributed by atoms with van der Waals surface area (Å²) in [4.78, 5) is 4.35. The van der Waals surface area contributed by atoms with Crippen molar-refractivity contribution in [1.29, 1.82) is 0 Å². The molecule has 3 rings (SSSR count). The molecule has 3 heterocycles. The minimum Gasteiger partial charge on any atom is -0.364 e. The zero-order valence-electron chi connectivity index (χ0n) is 10.1. The van der Waals surface area contributed by atoms with Gasteiger partial charge in [0.2, 0.25) is 0 Å². The van der Waals surface area contributed by atoms with E-state index in [1.165, 1.54) is 0 Å². The summed E-state index contributed by atoms with van der Waals surface area (Å²) in [6.45, 7) is 2.90. The third-order valence-corrected chi connectivity index (χ3v) is 2.73. The van der Waals surface area contributed by atoms with Crippen molar-refractivity contribution in [2.45, 2.75) is 19.5 Å². The number of nitrogens with one attached hydrogen (secondary N) is 1. The van der Waals surface area contributed by atoms with Crippen molar-refractivity contribution in [3.8, 4) is 0 Å². The average Bonchev–Trinajstić information content (AvgIpc) is 2.99. The molecule has 3 aromatic rings. The molecule has 6 nitrogen and oxygen atoms in total. The van der Waals surface area contributed by atoms with Crippen LogP contribution in [0.3, 0.4) is 0 Å². The van der Waals surface area contributed by atoms with Gasteiger partial charge in [0.05, 0.1) is 12.7 Å². The zero-order chi connectivity index (χ0) is 12.4. The summed E-state index contributed by atoms with van der Waals surface area (Å²) in [7, 11) is 0. The molecule has 0 saturated carbocycles. The first kappa shape index (κ1) is 10.8. The molecule has 1 atom stereocenters. The predicted molar refractivity (Wildman–Crippen MR) is 68.3 cm³/mol. The summed E-state index contributed by atoms with van der Waals surface area (Å²) >= 11 is 0. The standard InChI is InChI=1S/C12H14N6/c1-10(9-17-7-2-4-14-17)16-12-11-3-5-15-18(11)8-6-13-12/h2-8,10H,9H2,1H3,(H,13,16). The molecular weight excluding hydrogens is 228 g/mol.